The Kier molecular flexibility index (Phi) is 5.83. The van der Waals surface area contributed by atoms with Gasteiger partial charge in [0.15, 0.2) is 6.61 Å². The Labute approximate surface area is 195 Å². The molecule has 1 aliphatic carbocycles. The van der Waals surface area contributed by atoms with E-state index in [0.717, 1.165) is 24.1 Å². The highest BCUT2D eigenvalue weighted by Crippen LogP contribution is 2.33. The van der Waals surface area contributed by atoms with Crippen LogP contribution >= 0.6 is 11.6 Å². The number of amides is 1. The Balaban J connectivity index is 1.26. The molecule has 3 heterocycles. The third kappa shape index (κ3) is 4.90. The second-order valence-corrected chi connectivity index (χ2v) is 8.39. The van der Waals surface area contributed by atoms with Crippen LogP contribution in [0.3, 0.4) is 0 Å². The molecular formula is C24H21ClN4O4. The van der Waals surface area contributed by atoms with Gasteiger partial charge < -0.3 is 14.5 Å². The van der Waals surface area contributed by atoms with Gasteiger partial charge in [-0.1, -0.05) is 23.7 Å². The minimum absolute atomic E-state index is 0.276. The summed E-state index contributed by atoms with van der Waals surface area (Å²) in [7, 11) is 0. The molecule has 1 unspecified atom stereocenters. The summed E-state index contributed by atoms with van der Waals surface area (Å²) in [5.74, 6) is 0.246. The Morgan fingerprint density at radius 3 is 2.64 bits per heavy atom. The van der Waals surface area contributed by atoms with E-state index in [1.54, 1.807) is 42.7 Å². The lowest BCUT2D eigenvalue weighted by molar-refractivity contribution is -0.136. The number of carbonyl (C=O) groups is 2. The molecule has 0 radical (unpaired) electrons. The molecule has 1 fully saturated rings. The molecule has 1 atom stereocenters. The van der Waals surface area contributed by atoms with E-state index >= 15 is 0 Å². The van der Waals surface area contributed by atoms with Crippen LogP contribution in [0.2, 0.25) is 5.02 Å². The maximum absolute atomic E-state index is 13.0. The summed E-state index contributed by atoms with van der Waals surface area (Å²) in [5, 5.41) is 9.69. The van der Waals surface area contributed by atoms with Crippen molar-refractivity contribution in [1.29, 1.82) is 0 Å². The SMILES string of the molecule is O=C(OCC(=O)N1N=C(c2ccc(Cl)cc2)CC1c1ccco1)c1ccc(NC2CC2)nc1. The fourth-order valence-corrected chi connectivity index (χ4v) is 3.70. The van der Waals surface area contributed by atoms with Crippen molar-refractivity contribution in [3.8, 4) is 0 Å². The maximum Gasteiger partial charge on any atom is 0.340 e. The van der Waals surface area contributed by atoms with Gasteiger partial charge in [0, 0.05) is 23.7 Å². The minimum atomic E-state index is -0.621. The predicted octanol–water partition coefficient (Wildman–Crippen LogP) is 4.44. The minimum Gasteiger partial charge on any atom is -0.467 e. The second kappa shape index (κ2) is 9.07. The molecule has 1 aromatic carbocycles. The molecular weight excluding hydrogens is 444 g/mol. The highest BCUT2D eigenvalue weighted by atomic mass is 35.5. The first-order valence-electron chi connectivity index (χ1n) is 10.7. The molecule has 1 amide bonds. The number of halogens is 1. The summed E-state index contributed by atoms with van der Waals surface area (Å²) in [6.45, 7) is -0.449. The number of hydrazone groups is 1. The lowest BCUT2D eigenvalue weighted by atomic mass is 10.0. The van der Waals surface area contributed by atoms with Gasteiger partial charge in [-0.05, 0) is 54.8 Å². The number of aromatic nitrogens is 1. The first-order valence-corrected chi connectivity index (χ1v) is 11.0. The molecule has 0 saturated heterocycles. The molecule has 2 aliphatic rings. The van der Waals surface area contributed by atoms with Crippen molar-refractivity contribution >= 4 is 35.0 Å². The fourth-order valence-electron chi connectivity index (χ4n) is 3.57. The van der Waals surface area contributed by atoms with E-state index in [0.29, 0.717) is 29.1 Å². The molecule has 0 bridgehead atoms. The van der Waals surface area contributed by atoms with Crippen molar-refractivity contribution in [3.63, 3.8) is 0 Å². The highest BCUT2D eigenvalue weighted by molar-refractivity contribution is 6.30. The van der Waals surface area contributed by atoms with Crippen LogP contribution in [0.4, 0.5) is 5.82 Å². The predicted molar refractivity (Wildman–Crippen MR) is 122 cm³/mol. The molecule has 168 valence electrons. The number of carbonyl (C=O) groups excluding carboxylic acids is 2. The van der Waals surface area contributed by atoms with E-state index in [1.165, 1.54) is 11.2 Å². The first kappa shape index (κ1) is 21.2. The molecule has 1 saturated carbocycles. The van der Waals surface area contributed by atoms with Crippen LogP contribution in [-0.4, -0.2) is 40.2 Å². The number of ether oxygens (including phenoxy) is 1. The summed E-state index contributed by atoms with van der Waals surface area (Å²) in [6, 6.07) is 14.2. The number of furan rings is 1. The zero-order valence-corrected chi connectivity index (χ0v) is 18.4. The van der Waals surface area contributed by atoms with E-state index in [9.17, 15) is 9.59 Å². The largest absolute Gasteiger partial charge is 0.467 e. The summed E-state index contributed by atoms with van der Waals surface area (Å²) in [6.07, 6.45) is 5.72. The topological polar surface area (TPSA) is 97.0 Å². The monoisotopic (exact) mass is 464 g/mol. The maximum atomic E-state index is 13.0. The number of pyridine rings is 1. The molecule has 0 spiro atoms. The summed E-state index contributed by atoms with van der Waals surface area (Å²) < 4.78 is 10.8. The summed E-state index contributed by atoms with van der Waals surface area (Å²) in [4.78, 5) is 29.6. The highest BCUT2D eigenvalue weighted by Gasteiger charge is 2.35. The van der Waals surface area contributed by atoms with Gasteiger partial charge in [-0.25, -0.2) is 14.8 Å². The van der Waals surface area contributed by atoms with Crippen LogP contribution in [-0.2, 0) is 9.53 Å². The van der Waals surface area contributed by atoms with Crippen LogP contribution in [0.15, 0.2) is 70.5 Å². The number of benzene rings is 1. The smallest absolute Gasteiger partial charge is 0.340 e. The number of esters is 1. The van der Waals surface area contributed by atoms with Gasteiger partial charge in [-0.15, -0.1) is 0 Å². The van der Waals surface area contributed by atoms with Gasteiger partial charge in [-0.2, -0.15) is 5.10 Å². The van der Waals surface area contributed by atoms with Crippen molar-refractivity contribution in [2.24, 2.45) is 5.10 Å². The van der Waals surface area contributed by atoms with Gasteiger partial charge in [0.05, 0.1) is 17.5 Å². The van der Waals surface area contributed by atoms with E-state index in [1.807, 2.05) is 12.1 Å². The summed E-state index contributed by atoms with van der Waals surface area (Å²) >= 11 is 5.99. The van der Waals surface area contributed by atoms with E-state index < -0.39 is 24.5 Å². The summed E-state index contributed by atoms with van der Waals surface area (Å²) in [5.41, 5.74) is 1.85. The zero-order valence-electron chi connectivity index (χ0n) is 17.6. The lowest BCUT2D eigenvalue weighted by Gasteiger charge is -2.19. The Morgan fingerprint density at radius 2 is 1.97 bits per heavy atom. The standard InChI is InChI=1S/C24H21ClN4O4/c25-17-6-3-15(4-7-17)19-12-20(21-2-1-11-32-21)29(28-19)23(30)14-33-24(31)16-5-10-22(26-13-16)27-18-8-9-18/h1-7,10-11,13,18,20H,8-9,12,14H2,(H,26,27). The van der Waals surface area contributed by atoms with Crippen molar-refractivity contribution in [2.45, 2.75) is 31.3 Å². The molecule has 1 aliphatic heterocycles. The van der Waals surface area contributed by atoms with Crippen LogP contribution < -0.4 is 5.32 Å². The van der Waals surface area contributed by atoms with Gasteiger partial charge in [0.25, 0.3) is 5.91 Å². The Bertz CT molecular complexity index is 1170. The molecule has 2 aromatic heterocycles. The van der Waals surface area contributed by atoms with Crippen LogP contribution in [0.1, 0.15) is 47.0 Å². The molecule has 9 heteroatoms. The van der Waals surface area contributed by atoms with Gasteiger partial charge >= 0.3 is 5.97 Å². The molecule has 3 aromatic rings. The molecule has 33 heavy (non-hydrogen) atoms. The van der Waals surface area contributed by atoms with Crippen LogP contribution in [0.25, 0.3) is 0 Å². The fraction of sp³-hybridized carbons (Fsp3) is 0.250. The molecule has 5 rings (SSSR count). The Morgan fingerprint density at radius 1 is 1.15 bits per heavy atom. The quantitative estimate of drug-likeness (QED) is 0.519. The normalized spacial score (nSPS) is 17.5. The number of nitrogens with zero attached hydrogens (tertiary/aromatic N) is 3. The van der Waals surface area contributed by atoms with E-state index in [4.69, 9.17) is 20.8 Å². The van der Waals surface area contributed by atoms with Crippen LogP contribution in [0.5, 0.6) is 0 Å². The average Bonchev–Trinajstić information content (AvgIpc) is 3.29. The molecule has 8 nitrogen and oxygen atoms in total. The van der Waals surface area contributed by atoms with Gasteiger partial charge in [-0.3, -0.25) is 4.79 Å². The number of anilines is 1. The van der Waals surface area contributed by atoms with E-state index in [2.05, 4.69) is 15.4 Å². The zero-order chi connectivity index (χ0) is 22.8. The van der Waals surface area contributed by atoms with Crippen molar-refractivity contribution in [1.82, 2.24) is 9.99 Å². The Hall–Kier alpha value is -3.65. The van der Waals surface area contributed by atoms with Gasteiger partial charge in [0.1, 0.15) is 17.6 Å². The van der Waals surface area contributed by atoms with Gasteiger partial charge in [0.2, 0.25) is 0 Å². The first-order chi connectivity index (χ1) is 16.1. The number of rotatable bonds is 7. The lowest BCUT2D eigenvalue weighted by Crippen LogP contribution is -2.31. The van der Waals surface area contributed by atoms with E-state index in [-0.39, 0.29) is 5.56 Å². The van der Waals surface area contributed by atoms with Crippen LogP contribution in [0, 0.1) is 0 Å². The third-order valence-electron chi connectivity index (χ3n) is 5.47. The number of hydrogen-bond acceptors (Lipinski definition) is 7. The third-order valence-corrected chi connectivity index (χ3v) is 5.72. The average molecular weight is 465 g/mol. The number of hydrogen-bond donors (Lipinski definition) is 1. The van der Waals surface area contributed by atoms with Crippen molar-refractivity contribution in [2.75, 3.05) is 11.9 Å². The molecule has 1 N–H and O–H groups in total. The van der Waals surface area contributed by atoms with Crippen molar-refractivity contribution in [3.05, 3.63) is 82.9 Å². The second-order valence-electron chi connectivity index (χ2n) is 7.95. The van der Waals surface area contributed by atoms with Crippen molar-refractivity contribution < 1.29 is 18.7 Å². The number of nitrogens with one attached hydrogen (secondary N) is 1.